The molecule has 0 fully saturated rings. The Morgan fingerprint density at radius 2 is 2.28 bits per heavy atom. The maximum atomic E-state index is 10.7. The predicted octanol–water partition coefficient (Wildman–Crippen LogP) is 1.54. The van der Waals surface area contributed by atoms with Gasteiger partial charge in [-0.15, -0.1) is 0 Å². The predicted molar refractivity (Wildman–Crippen MR) is 68.6 cm³/mol. The first-order valence-corrected chi connectivity index (χ1v) is 6.07. The number of rotatable bonds is 8. The van der Waals surface area contributed by atoms with Crippen LogP contribution in [-0.4, -0.2) is 35.8 Å². The second kappa shape index (κ2) is 7.79. The van der Waals surface area contributed by atoms with Crippen LogP contribution >= 0.6 is 0 Å². The zero-order valence-corrected chi connectivity index (χ0v) is 10.8. The number of aromatic carboxylic acids is 1. The van der Waals surface area contributed by atoms with Crippen LogP contribution in [0.4, 0.5) is 0 Å². The summed E-state index contributed by atoms with van der Waals surface area (Å²) in [5.41, 5.74) is 0.795. The quantitative estimate of drug-likeness (QED) is 0.687. The second-order valence-electron chi connectivity index (χ2n) is 4.46. The molecule has 0 spiro atoms. The average molecular weight is 252 g/mol. The highest BCUT2D eigenvalue weighted by molar-refractivity contribution is 5.85. The molecule has 0 aliphatic heterocycles. The van der Waals surface area contributed by atoms with Crippen LogP contribution in [0.1, 0.15) is 30.0 Å². The van der Waals surface area contributed by atoms with E-state index < -0.39 is 5.97 Å². The first-order valence-electron chi connectivity index (χ1n) is 6.07. The van der Waals surface area contributed by atoms with Gasteiger partial charge in [0.2, 0.25) is 0 Å². The van der Waals surface area contributed by atoms with E-state index in [4.69, 9.17) is 9.84 Å². The summed E-state index contributed by atoms with van der Waals surface area (Å²) < 4.78 is 5.42. The van der Waals surface area contributed by atoms with Crippen molar-refractivity contribution in [1.29, 1.82) is 0 Å². The van der Waals surface area contributed by atoms with Gasteiger partial charge < -0.3 is 15.2 Å². The van der Waals surface area contributed by atoms with Gasteiger partial charge in [-0.05, 0) is 18.1 Å². The number of carboxylic acids is 1. The number of hydrogen-bond acceptors (Lipinski definition) is 4. The first kappa shape index (κ1) is 14.6. The van der Waals surface area contributed by atoms with E-state index in [0.717, 1.165) is 18.8 Å². The van der Waals surface area contributed by atoms with Gasteiger partial charge in [-0.3, -0.25) is 0 Å². The number of nitrogens with zero attached hydrogens (tertiary/aromatic N) is 1. The molecule has 1 rings (SSSR count). The molecule has 1 aromatic rings. The van der Waals surface area contributed by atoms with Crippen LogP contribution in [-0.2, 0) is 11.3 Å². The number of nitrogens with one attached hydrogen (secondary N) is 1. The van der Waals surface area contributed by atoms with Gasteiger partial charge in [0.05, 0.1) is 12.3 Å². The minimum atomic E-state index is -1.00. The number of carbonyl (C=O) groups is 1. The molecule has 0 aliphatic carbocycles. The maximum absolute atomic E-state index is 10.7. The Balaban J connectivity index is 2.23. The number of ether oxygens (including phenoxy) is 1. The van der Waals surface area contributed by atoms with E-state index in [1.54, 1.807) is 12.1 Å². The molecule has 0 saturated carbocycles. The lowest BCUT2D eigenvalue weighted by Gasteiger charge is -2.08. The van der Waals surface area contributed by atoms with E-state index in [9.17, 15) is 4.79 Å². The topological polar surface area (TPSA) is 71.5 Å². The van der Waals surface area contributed by atoms with Crippen molar-refractivity contribution in [2.45, 2.75) is 20.4 Å². The molecule has 1 aromatic heterocycles. The fraction of sp³-hybridized carbons (Fsp3) is 0.538. The lowest BCUT2D eigenvalue weighted by atomic mass is 10.2. The lowest BCUT2D eigenvalue weighted by molar-refractivity contribution is 0.0690. The fourth-order valence-corrected chi connectivity index (χ4v) is 1.38. The number of carboxylic acid groups (broad SMARTS) is 1. The molecule has 0 amide bonds. The van der Waals surface area contributed by atoms with Gasteiger partial charge in [-0.25, -0.2) is 9.78 Å². The third-order valence-corrected chi connectivity index (χ3v) is 2.21. The molecule has 0 radical (unpaired) electrons. The monoisotopic (exact) mass is 252 g/mol. The van der Waals surface area contributed by atoms with E-state index in [1.165, 1.54) is 6.07 Å². The van der Waals surface area contributed by atoms with Crippen molar-refractivity contribution in [2.75, 3.05) is 19.8 Å². The highest BCUT2D eigenvalue weighted by Gasteiger charge is 2.04. The molecule has 1 heterocycles. The summed E-state index contributed by atoms with van der Waals surface area (Å²) in [6.07, 6.45) is 0. The van der Waals surface area contributed by atoms with Crippen molar-refractivity contribution in [3.05, 3.63) is 29.6 Å². The largest absolute Gasteiger partial charge is 0.477 e. The highest BCUT2D eigenvalue weighted by Crippen LogP contribution is 1.99. The molecule has 0 saturated heterocycles. The van der Waals surface area contributed by atoms with Gasteiger partial charge in [0.1, 0.15) is 5.69 Å². The summed E-state index contributed by atoms with van der Waals surface area (Å²) in [5, 5.41) is 12.0. The van der Waals surface area contributed by atoms with Crippen LogP contribution in [0, 0.1) is 5.92 Å². The minimum absolute atomic E-state index is 0.0744. The summed E-state index contributed by atoms with van der Waals surface area (Å²) in [5.74, 6) is -0.462. The smallest absolute Gasteiger partial charge is 0.354 e. The molecule has 0 aliphatic rings. The second-order valence-corrected chi connectivity index (χ2v) is 4.46. The molecule has 0 atom stereocenters. The van der Waals surface area contributed by atoms with E-state index in [0.29, 0.717) is 19.1 Å². The van der Waals surface area contributed by atoms with Gasteiger partial charge in [-0.1, -0.05) is 19.9 Å². The Kier molecular flexibility index (Phi) is 6.32. The Bertz CT molecular complexity index is 380. The zero-order valence-electron chi connectivity index (χ0n) is 10.8. The van der Waals surface area contributed by atoms with Crippen molar-refractivity contribution in [3.63, 3.8) is 0 Å². The summed E-state index contributed by atoms with van der Waals surface area (Å²) in [7, 11) is 0. The molecular weight excluding hydrogens is 232 g/mol. The van der Waals surface area contributed by atoms with Gasteiger partial charge in [-0.2, -0.15) is 0 Å². The van der Waals surface area contributed by atoms with Crippen molar-refractivity contribution in [3.8, 4) is 0 Å². The standard InChI is InChI=1S/C13H20N2O3/c1-10(2)9-18-7-6-14-8-11-4-3-5-12(15-11)13(16)17/h3-5,10,14H,6-9H2,1-2H3,(H,16,17). The zero-order chi connectivity index (χ0) is 13.4. The van der Waals surface area contributed by atoms with Crippen molar-refractivity contribution in [1.82, 2.24) is 10.3 Å². The number of hydrogen-bond donors (Lipinski definition) is 2. The van der Waals surface area contributed by atoms with Crippen LogP contribution in [0.2, 0.25) is 0 Å². The van der Waals surface area contributed by atoms with E-state index in [1.807, 2.05) is 0 Å². The van der Waals surface area contributed by atoms with Gasteiger partial charge in [0, 0.05) is 19.7 Å². The summed E-state index contributed by atoms with van der Waals surface area (Å²) in [4.78, 5) is 14.7. The van der Waals surface area contributed by atoms with Crippen molar-refractivity contribution < 1.29 is 14.6 Å². The van der Waals surface area contributed by atoms with Crippen LogP contribution in [0.3, 0.4) is 0 Å². The molecule has 0 bridgehead atoms. The summed E-state index contributed by atoms with van der Waals surface area (Å²) >= 11 is 0. The van der Waals surface area contributed by atoms with E-state index >= 15 is 0 Å². The molecule has 0 unspecified atom stereocenters. The van der Waals surface area contributed by atoms with Gasteiger partial charge in [0.15, 0.2) is 0 Å². The average Bonchev–Trinajstić information content (AvgIpc) is 2.33. The van der Waals surface area contributed by atoms with E-state index in [-0.39, 0.29) is 5.69 Å². The molecule has 2 N–H and O–H groups in total. The van der Waals surface area contributed by atoms with Crippen molar-refractivity contribution >= 4 is 5.97 Å². The summed E-state index contributed by atoms with van der Waals surface area (Å²) in [6.45, 7) is 6.90. The molecular formula is C13H20N2O3. The molecule has 18 heavy (non-hydrogen) atoms. The Morgan fingerprint density at radius 3 is 2.94 bits per heavy atom. The Hall–Kier alpha value is -1.46. The first-order chi connectivity index (χ1) is 8.59. The van der Waals surface area contributed by atoms with Crippen LogP contribution in [0.5, 0.6) is 0 Å². The normalized spacial score (nSPS) is 10.8. The SMILES string of the molecule is CC(C)COCCNCc1cccc(C(=O)O)n1. The maximum Gasteiger partial charge on any atom is 0.354 e. The molecule has 5 nitrogen and oxygen atoms in total. The van der Waals surface area contributed by atoms with Crippen molar-refractivity contribution in [2.24, 2.45) is 5.92 Å². The Morgan fingerprint density at radius 1 is 1.50 bits per heavy atom. The van der Waals surface area contributed by atoms with Crippen LogP contribution in [0.15, 0.2) is 18.2 Å². The van der Waals surface area contributed by atoms with Gasteiger partial charge >= 0.3 is 5.97 Å². The molecule has 0 aromatic carbocycles. The van der Waals surface area contributed by atoms with E-state index in [2.05, 4.69) is 24.1 Å². The fourth-order valence-electron chi connectivity index (χ4n) is 1.38. The third-order valence-electron chi connectivity index (χ3n) is 2.21. The minimum Gasteiger partial charge on any atom is -0.477 e. The third kappa shape index (κ3) is 5.75. The van der Waals surface area contributed by atoms with Crippen LogP contribution in [0.25, 0.3) is 0 Å². The highest BCUT2D eigenvalue weighted by atomic mass is 16.5. The van der Waals surface area contributed by atoms with Crippen LogP contribution < -0.4 is 5.32 Å². The lowest BCUT2D eigenvalue weighted by Crippen LogP contribution is -2.21. The molecule has 5 heteroatoms. The molecule has 100 valence electrons. The Labute approximate surface area is 107 Å². The van der Waals surface area contributed by atoms with Gasteiger partial charge in [0.25, 0.3) is 0 Å². The summed E-state index contributed by atoms with van der Waals surface area (Å²) in [6, 6.07) is 4.98. The number of aromatic nitrogens is 1. The number of pyridine rings is 1.